The van der Waals surface area contributed by atoms with Gasteiger partial charge in [-0.1, -0.05) is 18.2 Å². The lowest BCUT2D eigenvalue weighted by atomic mass is 10.3. The Balaban J connectivity index is 1.89. The number of esters is 1. The van der Waals surface area contributed by atoms with Crippen LogP contribution in [0.15, 0.2) is 30.3 Å². The van der Waals surface area contributed by atoms with Gasteiger partial charge < -0.3 is 10.1 Å². The Morgan fingerprint density at radius 3 is 2.54 bits per heavy atom. The minimum atomic E-state index is -0.710. The maximum absolute atomic E-state index is 11.8. The predicted molar refractivity (Wildman–Crippen MR) is 84.4 cm³/mol. The number of amides is 1. The van der Waals surface area contributed by atoms with Crippen LogP contribution < -0.4 is 5.32 Å². The summed E-state index contributed by atoms with van der Waals surface area (Å²) >= 11 is 0. The summed E-state index contributed by atoms with van der Waals surface area (Å²) in [6.45, 7) is 2.22. The number of carbonyl (C=O) groups excluding carboxylic acids is 2. The lowest BCUT2D eigenvalue weighted by Gasteiger charge is -2.07. The fraction of sp³-hybridized carbons (Fsp3) is 0.267. The van der Waals surface area contributed by atoms with Gasteiger partial charge in [-0.3, -0.25) is 24.4 Å². The quantitative estimate of drug-likeness (QED) is 0.488. The minimum Gasteiger partial charge on any atom is -0.454 e. The zero-order valence-electron chi connectivity index (χ0n) is 13.2. The van der Waals surface area contributed by atoms with E-state index < -0.39 is 23.4 Å². The van der Waals surface area contributed by atoms with Crippen molar-refractivity contribution in [2.24, 2.45) is 0 Å². The Bertz CT molecular complexity index is 770. The summed E-state index contributed by atoms with van der Waals surface area (Å²) in [6.07, 6.45) is 0. The molecule has 0 radical (unpaired) electrons. The molecule has 0 saturated heterocycles. The van der Waals surface area contributed by atoms with Crippen molar-refractivity contribution in [1.82, 2.24) is 9.78 Å². The molecule has 0 fully saturated rings. The van der Waals surface area contributed by atoms with Gasteiger partial charge in [0, 0.05) is 5.69 Å². The van der Waals surface area contributed by atoms with Gasteiger partial charge in [-0.25, -0.2) is 0 Å². The van der Waals surface area contributed by atoms with Crippen molar-refractivity contribution >= 4 is 23.3 Å². The molecular weight excluding hydrogens is 316 g/mol. The highest BCUT2D eigenvalue weighted by Crippen LogP contribution is 2.21. The van der Waals surface area contributed by atoms with Crippen LogP contribution in [-0.2, 0) is 20.9 Å². The van der Waals surface area contributed by atoms with E-state index in [2.05, 4.69) is 10.4 Å². The van der Waals surface area contributed by atoms with Gasteiger partial charge in [0.05, 0.1) is 4.92 Å². The van der Waals surface area contributed by atoms with Crippen LogP contribution in [-0.4, -0.2) is 33.2 Å². The highest BCUT2D eigenvalue weighted by Gasteiger charge is 2.23. The second kappa shape index (κ2) is 7.36. The molecule has 0 unspecified atom stereocenters. The lowest BCUT2D eigenvalue weighted by Crippen LogP contribution is -2.23. The molecule has 0 spiro atoms. The Morgan fingerprint density at radius 1 is 1.29 bits per heavy atom. The molecule has 1 heterocycles. The Morgan fingerprint density at radius 2 is 1.96 bits per heavy atom. The topological polar surface area (TPSA) is 116 Å². The Labute approximate surface area is 137 Å². The molecule has 1 amide bonds. The number of aromatic nitrogens is 2. The number of hydrogen-bond acceptors (Lipinski definition) is 6. The average Bonchev–Trinajstić information content (AvgIpc) is 2.80. The van der Waals surface area contributed by atoms with E-state index in [1.165, 1.54) is 18.5 Å². The molecule has 126 valence electrons. The van der Waals surface area contributed by atoms with Crippen molar-refractivity contribution in [2.45, 2.75) is 20.4 Å². The van der Waals surface area contributed by atoms with Crippen LogP contribution in [0.2, 0.25) is 0 Å². The number of nitrogens with zero attached hydrogens (tertiary/aromatic N) is 3. The van der Waals surface area contributed by atoms with Crippen LogP contribution in [0.5, 0.6) is 0 Å². The first-order valence-electron chi connectivity index (χ1n) is 7.07. The van der Waals surface area contributed by atoms with E-state index >= 15 is 0 Å². The summed E-state index contributed by atoms with van der Waals surface area (Å²) in [7, 11) is 0. The van der Waals surface area contributed by atoms with E-state index in [1.54, 1.807) is 24.3 Å². The zero-order chi connectivity index (χ0) is 17.7. The van der Waals surface area contributed by atoms with Crippen molar-refractivity contribution in [3.05, 3.63) is 51.8 Å². The van der Waals surface area contributed by atoms with Crippen LogP contribution in [0.1, 0.15) is 11.4 Å². The third-order valence-electron chi connectivity index (χ3n) is 3.23. The number of carbonyl (C=O) groups is 2. The van der Waals surface area contributed by atoms with Crippen LogP contribution in [0.25, 0.3) is 0 Å². The molecule has 0 aliphatic rings. The van der Waals surface area contributed by atoms with Crippen LogP contribution in [0, 0.1) is 24.0 Å². The largest absolute Gasteiger partial charge is 0.454 e. The molecule has 1 aromatic carbocycles. The first-order valence-corrected chi connectivity index (χ1v) is 7.07. The molecule has 0 saturated carbocycles. The van der Waals surface area contributed by atoms with Crippen molar-refractivity contribution in [1.29, 1.82) is 0 Å². The third kappa shape index (κ3) is 4.15. The Hall–Kier alpha value is -3.23. The Kier molecular flexibility index (Phi) is 5.25. The SMILES string of the molecule is Cc1nn(CC(=O)OCC(=O)Nc2ccccc2)c(C)c1[N+](=O)[O-]. The van der Waals surface area contributed by atoms with Crippen molar-refractivity contribution in [3.8, 4) is 0 Å². The minimum absolute atomic E-state index is 0.135. The molecule has 0 atom stereocenters. The van der Waals surface area contributed by atoms with E-state index in [-0.39, 0.29) is 23.6 Å². The number of nitro groups is 1. The van der Waals surface area contributed by atoms with Crippen molar-refractivity contribution < 1.29 is 19.2 Å². The maximum Gasteiger partial charge on any atom is 0.328 e. The van der Waals surface area contributed by atoms with Crippen molar-refractivity contribution in [2.75, 3.05) is 11.9 Å². The number of ether oxygens (including phenoxy) is 1. The number of nitrogens with one attached hydrogen (secondary N) is 1. The number of hydrogen-bond donors (Lipinski definition) is 1. The van der Waals surface area contributed by atoms with Crippen LogP contribution >= 0.6 is 0 Å². The van der Waals surface area contributed by atoms with Gasteiger partial charge in [-0.15, -0.1) is 0 Å². The molecule has 9 heteroatoms. The molecule has 9 nitrogen and oxygen atoms in total. The summed E-state index contributed by atoms with van der Waals surface area (Å²) in [5, 5.41) is 17.4. The highest BCUT2D eigenvalue weighted by molar-refractivity contribution is 5.92. The number of benzene rings is 1. The molecule has 0 bridgehead atoms. The van der Waals surface area contributed by atoms with E-state index in [1.807, 2.05) is 6.07 Å². The molecule has 2 rings (SSSR count). The molecule has 1 N–H and O–H groups in total. The molecular formula is C15H16N4O5. The molecule has 2 aromatic rings. The zero-order valence-corrected chi connectivity index (χ0v) is 13.2. The monoisotopic (exact) mass is 332 g/mol. The van der Waals surface area contributed by atoms with Gasteiger partial charge in [-0.2, -0.15) is 5.10 Å². The van der Waals surface area contributed by atoms with Crippen LogP contribution in [0.3, 0.4) is 0 Å². The third-order valence-corrected chi connectivity index (χ3v) is 3.23. The first-order chi connectivity index (χ1) is 11.4. The fourth-order valence-corrected chi connectivity index (χ4v) is 2.14. The number of anilines is 1. The summed E-state index contributed by atoms with van der Waals surface area (Å²) in [4.78, 5) is 33.8. The maximum atomic E-state index is 11.8. The number of para-hydroxylation sites is 1. The smallest absolute Gasteiger partial charge is 0.328 e. The van der Waals surface area contributed by atoms with Gasteiger partial charge in [0.1, 0.15) is 17.9 Å². The van der Waals surface area contributed by atoms with E-state index in [4.69, 9.17) is 4.74 Å². The van der Waals surface area contributed by atoms with E-state index in [9.17, 15) is 19.7 Å². The van der Waals surface area contributed by atoms with Gasteiger partial charge >= 0.3 is 11.7 Å². The molecule has 24 heavy (non-hydrogen) atoms. The van der Waals surface area contributed by atoms with Crippen molar-refractivity contribution in [3.63, 3.8) is 0 Å². The van der Waals surface area contributed by atoms with Crippen LogP contribution in [0.4, 0.5) is 11.4 Å². The summed E-state index contributed by atoms with van der Waals surface area (Å²) in [6, 6.07) is 8.74. The first kappa shape index (κ1) is 17.1. The van der Waals surface area contributed by atoms with E-state index in [0.717, 1.165) is 0 Å². The highest BCUT2D eigenvalue weighted by atomic mass is 16.6. The number of aryl methyl sites for hydroxylation is 1. The molecule has 0 aliphatic heterocycles. The number of rotatable bonds is 6. The van der Waals surface area contributed by atoms with Gasteiger partial charge in [0.15, 0.2) is 6.61 Å². The summed E-state index contributed by atoms with van der Waals surface area (Å²) in [5.41, 5.74) is 0.924. The fourth-order valence-electron chi connectivity index (χ4n) is 2.14. The molecule has 0 aliphatic carbocycles. The predicted octanol–water partition coefficient (Wildman–Crippen LogP) is 1.59. The molecule has 1 aromatic heterocycles. The average molecular weight is 332 g/mol. The second-order valence-electron chi connectivity index (χ2n) is 5.01. The van der Waals surface area contributed by atoms with Gasteiger partial charge in [0.25, 0.3) is 5.91 Å². The normalized spacial score (nSPS) is 10.2. The second-order valence-corrected chi connectivity index (χ2v) is 5.01. The summed E-state index contributed by atoms with van der Waals surface area (Å²) in [5.74, 6) is -1.19. The van der Waals surface area contributed by atoms with Gasteiger partial charge in [0.2, 0.25) is 0 Å². The standard InChI is InChI=1S/C15H16N4O5/c1-10-15(19(22)23)11(2)18(17-10)8-14(21)24-9-13(20)16-12-6-4-3-5-7-12/h3-7H,8-9H2,1-2H3,(H,16,20). The summed E-state index contributed by atoms with van der Waals surface area (Å²) < 4.78 is 6.05. The van der Waals surface area contributed by atoms with E-state index in [0.29, 0.717) is 5.69 Å². The van der Waals surface area contributed by atoms with Gasteiger partial charge in [-0.05, 0) is 26.0 Å². The lowest BCUT2D eigenvalue weighted by molar-refractivity contribution is -0.386.